The molecule has 0 amide bonds. The van der Waals surface area contributed by atoms with E-state index in [0.29, 0.717) is 0 Å². The average Bonchev–Trinajstić information content (AvgIpc) is 2.31. The number of nitrogen functional groups attached to an aromatic ring is 1. The maximum Gasteiger partial charge on any atom is 0.0362 e. The van der Waals surface area contributed by atoms with E-state index in [1.165, 1.54) is 5.56 Å². The van der Waals surface area contributed by atoms with Gasteiger partial charge in [0.25, 0.3) is 0 Å². The van der Waals surface area contributed by atoms with Gasteiger partial charge < -0.3 is 11.5 Å². The van der Waals surface area contributed by atoms with Crippen LogP contribution in [0, 0.1) is 0 Å². The van der Waals surface area contributed by atoms with E-state index in [4.69, 9.17) is 11.5 Å². The van der Waals surface area contributed by atoms with Gasteiger partial charge in [-0.05, 0) is 23.6 Å². The van der Waals surface area contributed by atoms with Crippen molar-refractivity contribution in [2.24, 2.45) is 5.73 Å². The lowest BCUT2D eigenvalue weighted by Gasteiger charge is -2.14. The lowest BCUT2D eigenvalue weighted by molar-refractivity contribution is 0.724. The van der Waals surface area contributed by atoms with Crippen molar-refractivity contribution in [3.63, 3.8) is 0 Å². The molecule has 1 unspecified atom stereocenters. The van der Waals surface area contributed by atoms with Crippen molar-refractivity contribution < 1.29 is 0 Å². The zero-order valence-corrected chi connectivity index (χ0v) is 9.14. The Balaban J connectivity index is 2.15. The molecule has 0 saturated carbocycles. The molecule has 0 radical (unpaired) electrons. The Morgan fingerprint density at radius 2 is 1.50 bits per heavy atom. The van der Waals surface area contributed by atoms with Gasteiger partial charge in [0.1, 0.15) is 0 Å². The van der Waals surface area contributed by atoms with E-state index >= 15 is 0 Å². The summed E-state index contributed by atoms with van der Waals surface area (Å²) in [6.07, 6.45) is 0.815. The molecular weight excluding hydrogens is 196 g/mol. The summed E-state index contributed by atoms with van der Waals surface area (Å²) in [5.74, 6) is 0. The maximum absolute atomic E-state index is 6.15. The molecule has 0 aliphatic rings. The van der Waals surface area contributed by atoms with E-state index in [1.54, 1.807) is 0 Å². The van der Waals surface area contributed by atoms with Crippen molar-refractivity contribution in [1.82, 2.24) is 0 Å². The summed E-state index contributed by atoms with van der Waals surface area (Å²) in [5, 5.41) is 0. The molecule has 2 rings (SSSR count). The minimum atomic E-state index is -0.0383. The van der Waals surface area contributed by atoms with Crippen LogP contribution in [0.3, 0.4) is 0 Å². The lowest BCUT2D eigenvalue weighted by Crippen LogP contribution is -2.15. The monoisotopic (exact) mass is 212 g/mol. The Morgan fingerprint density at radius 1 is 0.875 bits per heavy atom. The van der Waals surface area contributed by atoms with Crippen LogP contribution >= 0.6 is 0 Å². The third kappa shape index (κ3) is 2.41. The lowest BCUT2D eigenvalue weighted by atomic mass is 9.98. The van der Waals surface area contributed by atoms with Crippen LogP contribution in [-0.4, -0.2) is 0 Å². The minimum absolute atomic E-state index is 0.0383. The van der Waals surface area contributed by atoms with Crippen LogP contribution in [0.15, 0.2) is 54.6 Å². The molecule has 2 aromatic carbocycles. The summed E-state index contributed by atoms with van der Waals surface area (Å²) in [7, 11) is 0. The van der Waals surface area contributed by atoms with Gasteiger partial charge in [-0.15, -0.1) is 0 Å². The standard InChI is InChI=1S/C14H16N2/c15-13-9-5-4-8-12(13)14(16)10-11-6-2-1-3-7-11/h1-9,14H,10,15-16H2. The van der Waals surface area contributed by atoms with Gasteiger partial charge in [0.2, 0.25) is 0 Å². The number of hydrogen-bond donors (Lipinski definition) is 2. The quantitative estimate of drug-likeness (QED) is 0.768. The number of anilines is 1. The largest absolute Gasteiger partial charge is 0.398 e. The average molecular weight is 212 g/mol. The van der Waals surface area contributed by atoms with Crippen LogP contribution in [0.2, 0.25) is 0 Å². The Kier molecular flexibility index (Phi) is 3.22. The second-order valence-corrected chi connectivity index (χ2v) is 3.93. The van der Waals surface area contributed by atoms with E-state index in [2.05, 4.69) is 12.1 Å². The van der Waals surface area contributed by atoms with Crippen molar-refractivity contribution in [1.29, 1.82) is 0 Å². The third-order valence-corrected chi connectivity index (χ3v) is 2.69. The molecule has 0 saturated heterocycles. The van der Waals surface area contributed by atoms with E-state index in [0.717, 1.165) is 17.7 Å². The van der Waals surface area contributed by atoms with Crippen LogP contribution in [-0.2, 0) is 6.42 Å². The molecule has 82 valence electrons. The first-order valence-corrected chi connectivity index (χ1v) is 5.41. The molecule has 0 aliphatic heterocycles. The van der Waals surface area contributed by atoms with Gasteiger partial charge in [0.05, 0.1) is 0 Å². The van der Waals surface area contributed by atoms with Gasteiger partial charge in [-0.3, -0.25) is 0 Å². The summed E-state index contributed by atoms with van der Waals surface area (Å²) in [4.78, 5) is 0. The molecular formula is C14H16N2. The predicted molar refractivity (Wildman–Crippen MR) is 67.9 cm³/mol. The van der Waals surface area contributed by atoms with Gasteiger partial charge in [-0.1, -0.05) is 48.5 Å². The van der Waals surface area contributed by atoms with Crippen LogP contribution in [0.4, 0.5) is 5.69 Å². The highest BCUT2D eigenvalue weighted by Gasteiger charge is 2.09. The molecule has 0 spiro atoms. The fourth-order valence-electron chi connectivity index (χ4n) is 1.83. The van der Waals surface area contributed by atoms with Crippen molar-refractivity contribution in [2.75, 3.05) is 5.73 Å². The van der Waals surface area contributed by atoms with Crippen molar-refractivity contribution in [3.8, 4) is 0 Å². The Morgan fingerprint density at radius 3 is 2.19 bits per heavy atom. The summed E-state index contributed by atoms with van der Waals surface area (Å²) in [5.41, 5.74) is 15.1. The van der Waals surface area contributed by atoms with Gasteiger partial charge in [0.15, 0.2) is 0 Å². The molecule has 0 bridgehead atoms. The molecule has 1 atom stereocenters. The normalized spacial score (nSPS) is 12.3. The Bertz CT molecular complexity index is 451. The summed E-state index contributed by atoms with van der Waals surface area (Å²) < 4.78 is 0. The van der Waals surface area contributed by atoms with E-state index in [1.807, 2.05) is 42.5 Å². The van der Waals surface area contributed by atoms with E-state index in [-0.39, 0.29) is 6.04 Å². The predicted octanol–water partition coefficient (Wildman–Crippen LogP) is 2.51. The van der Waals surface area contributed by atoms with Crippen molar-refractivity contribution in [2.45, 2.75) is 12.5 Å². The highest BCUT2D eigenvalue weighted by atomic mass is 14.7. The number of nitrogens with two attached hydrogens (primary N) is 2. The fourth-order valence-corrected chi connectivity index (χ4v) is 1.83. The van der Waals surface area contributed by atoms with Gasteiger partial charge in [0, 0.05) is 11.7 Å². The molecule has 4 N–H and O–H groups in total. The number of rotatable bonds is 3. The molecule has 0 fully saturated rings. The second-order valence-electron chi connectivity index (χ2n) is 3.93. The van der Waals surface area contributed by atoms with Crippen molar-refractivity contribution in [3.05, 3.63) is 65.7 Å². The fraction of sp³-hybridized carbons (Fsp3) is 0.143. The molecule has 2 aromatic rings. The van der Waals surface area contributed by atoms with E-state index < -0.39 is 0 Å². The van der Waals surface area contributed by atoms with Crippen LogP contribution < -0.4 is 11.5 Å². The first-order chi connectivity index (χ1) is 7.77. The Hall–Kier alpha value is -1.80. The molecule has 0 heterocycles. The van der Waals surface area contributed by atoms with E-state index in [9.17, 15) is 0 Å². The van der Waals surface area contributed by atoms with Crippen molar-refractivity contribution >= 4 is 5.69 Å². The highest BCUT2D eigenvalue weighted by molar-refractivity contribution is 5.48. The zero-order valence-electron chi connectivity index (χ0n) is 9.14. The molecule has 2 heteroatoms. The molecule has 2 nitrogen and oxygen atoms in total. The summed E-state index contributed by atoms with van der Waals surface area (Å²) in [6, 6.07) is 18.0. The second kappa shape index (κ2) is 4.81. The van der Waals surface area contributed by atoms with Crippen LogP contribution in [0.1, 0.15) is 17.2 Å². The third-order valence-electron chi connectivity index (χ3n) is 2.69. The van der Waals surface area contributed by atoms with Crippen LogP contribution in [0.25, 0.3) is 0 Å². The number of hydrogen-bond acceptors (Lipinski definition) is 2. The van der Waals surface area contributed by atoms with Gasteiger partial charge in [-0.25, -0.2) is 0 Å². The topological polar surface area (TPSA) is 52.0 Å². The van der Waals surface area contributed by atoms with Gasteiger partial charge in [-0.2, -0.15) is 0 Å². The number of para-hydroxylation sites is 1. The Labute approximate surface area is 95.9 Å². The number of benzene rings is 2. The molecule has 0 aromatic heterocycles. The smallest absolute Gasteiger partial charge is 0.0362 e. The first-order valence-electron chi connectivity index (χ1n) is 5.41. The first kappa shape index (κ1) is 10.7. The molecule has 0 aliphatic carbocycles. The summed E-state index contributed by atoms with van der Waals surface area (Å²) in [6.45, 7) is 0. The minimum Gasteiger partial charge on any atom is -0.398 e. The zero-order chi connectivity index (χ0) is 11.4. The molecule has 16 heavy (non-hydrogen) atoms. The maximum atomic E-state index is 6.15. The summed E-state index contributed by atoms with van der Waals surface area (Å²) >= 11 is 0. The van der Waals surface area contributed by atoms with Gasteiger partial charge >= 0.3 is 0 Å². The SMILES string of the molecule is Nc1ccccc1C(N)Cc1ccccc1. The highest BCUT2D eigenvalue weighted by Crippen LogP contribution is 2.21. The van der Waals surface area contributed by atoms with Crippen LogP contribution in [0.5, 0.6) is 0 Å².